The Labute approximate surface area is 128 Å². The molecule has 0 aliphatic rings. The van der Waals surface area contributed by atoms with Crippen molar-refractivity contribution in [2.45, 2.75) is 46.0 Å². The third-order valence-corrected chi connectivity index (χ3v) is 3.16. The van der Waals surface area contributed by atoms with Gasteiger partial charge in [-0.2, -0.15) is 0 Å². The number of hydrogen-bond donors (Lipinski definition) is 0. The second-order valence-corrected chi connectivity index (χ2v) is 5.02. The molecule has 0 aromatic heterocycles. The van der Waals surface area contributed by atoms with Crippen LogP contribution >= 0.6 is 0 Å². The number of unbranched alkanes of at least 4 members (excludes halogenated alkanes) is 2. The highest BCUT2D eigenvalue weighted by atomic mass is 16.5. The van der Waals surface area contributed by atoms with Crippen LogP contribution in [0.4, 0.5) is 0 Å². The van der Waals surface area contributed by atoms with Gasteiger partial charge in [0.15, 0.2) is 0 Å². The molecule has 0 saturated heterocycles. The molecule has 0 fully saturated rings. The van der Waals surface area contributed by atoms with Gasteiger partial charge in [0.05, 0.1) is 6.61 Å². The minimum atomic E-state index is -0.264. The molecule has 0 amide bonds. The number of esters is 1. The Morgan fingerprint density at radius 3 is 2.71 bits per heavy atom. The summed E-state index contributed by atoms with van der Waals surface area (Å²) in [5.74, 6) is -0.264. The molecule has 1 aromatic carbocycles. The zero-order chi connectivity index (χ0) is 15.3. The topological polar surface area (TPSA) is 26.3 Å². The fourth-order valence-electron chi connectivity index (χ4n) is 1.90. The number of ether oxygens (including phenoxy) is 1. The lowest BCUT2D eigenvalue weighted by Gasteiger charge is -2.03. The molecular formula is C19H26O2. The lowest BCUT2D eigenvalue weighted by Crippen LogP contribution is -2.01. The van der Waals surface area contributed by atoms with Crippen molar-refractivity contribution in [2.24, 2.45) is 0 Å². The molecule has 0 unspecified atom stereocenters. The van der Waals surface area contributed by atoms with E-state index in [0.717, 1.165) is 31.2 Å². The monoisotopic (exact) mass is 286 g/mol. The number of hydrogen-bond acceptors (Lipinski definition) is 2. The van der Waals surface area contributed by atoms with Gasteiger partial charge in [-0.15, -0.1) is 0 Å². The Balaban J connectivity index is 2.59. The lowest BCUT2D eigenvalue weighted by atomic mass is 10.0. The van der Waals surface area contributed by atoms with Crippen LogP contribution in [0.1, 0.15) is 50.7 Å². The third-order valence-electron chi connectivity index (χ3n) is 3.16. The summed E-state index contributed by atoms with van der Waals surface area (Å²) in [6.45, 7) is 4.75. The molecule has 0 N–H and O–H groups in total. The Morgan fingerprint density at radius 1 is 1.14 bits per heavy atom. The summed E-state index contributed by atoms with van der Waals surface area (Å²) in [5.41, 5.74) is 2.30. The summed E-state index contributed by atoms with van der Waals surface area (Å²) in [7, 11) is 0. The molecule has 2 heteroatoms. The standard InChI is InChI=1S/C19H26O2/c1-3-5-7-8-11-17-12-9-10-13-18(17)14-15-19(20)21-16-6-4-2/h7-10,12-15H,3-6,11,16H2,1-2H3/b8-7+,15-14+. The van der Waals surface area contributed by atoms with Crippen molar-refractivity contribution < 1.29 is 9.53 Å². The van der Waals surface area contributed by atoms with Gasteiger partial charge in [-0.05, 0) is 36.5 Å². The number of benzene rings is 1. The van der Waals surface area contributed by atoms with Gasteiger partial charge in [0, 0.05) is 6.08 Å². The molecule has 1 rings (SSSR count). The first-order valence-electron chi connectivity index (χ1n) is 7.85. The maximum atomic E-state index is 11.6. The molecule has 2 nitrogen and oxygen atoms in total. The molecule has 21 heavy (non-hydrogen) atoms. The van der Waals surface area contributed by atoms with E-state index in [1.165, 1.54) is 18.1 Å². The van der Waals surface area contributed by atoms with E-state index in [4.69, 9.17) is 4.74 Å². The summed E-state index contributed by atoms with van der Waals surface area (Å²) >= 11 is 0. The van der Waals surface area contributed by atoms with Gasteiger partial charge >= 0.3 is 5.97 Å². The van der Waals surface area contributed by atoms with E-state index >= 15 is 0 Å². The molecule has 0 saturated carbocycles. The quantitative estimate of drug-likeness (QED) is 0.278. The van der Waals surface area contributed by atoms with Crippen molar-refractivity contribution >= 4 is 12.0 Å². The summed E-state index contributed by atoms with van der Waals surface area (Å²) in [6.07, 6.45) is 12.9. The highest BCUT2D eigenvalue weighted by molar-refractivity contribution is 5.87. The van der Waals surface area contributed by atoms with Gasteiger partial charge in [-0.3, -0.25) is 0 Å². The highest BCUT2D eigenvalue weighted by Gasteiger charge is 1.99. The Morgan fingerprint density at radius 2 is 1.95 bits per heavy atom. The van der Waals surface area contributed by atoms with E-state index in [1.807, 2.05) is 24.3 Å². The number of rotatable bonds is 9. The smallest absolute Gasteiger partial charge is 0.330 e. The van der Waals surface area contributed by atoms with Gasteiger partial charge in [-0.25, -0.2) is 4.79 Å². The number of carbonyl (C=O) groups excluding carboxylic acids is 1. The highest BCUT2D eigenvalue weighted by Crippen LogP contribution is 2.12. The van der Waals surface area contributed by atoms with Crippen LogP contribution in [-0.4, -0.2) is 12.6 Å². The first-order valence-corrected chi connectivity index (χ1v) is 7.85. The van der Waals surface area contributed by atoms with E-state index in [9.17, 15) is 4.79 Å². The minimum Gasteiger partial charge on any atom is -0.463 e. The van der Waals surface area contributed by atoms with E-state index in [-0.39, 0.29) is 5.97 Å². The molecular weight excluding hydrogens is 260 g/mol. The molecule has 114 valence electrons. The first-order chi connectivity index (χ1) is 10.3. The van der Waals surface area contributed by atoms with Crippen LogP contribution in [0.2, 0.25) is 0 Å². The summed E-state index contributed by atoms with van der Waals surface area (Å²) in [4.78, 5) is 11.6. The van der Waals surface area contributed by atoms with E-state index < -0.39 is 0 Å². The number of carbonyl (C=O) groups is 1. The lowest BCUT2D eigenvalue weighted by molar-refractivity contribution is -0.137. The maximum absolute atomic E-state index is 11.6. The second-order valence-electron chi connectivity index (χ2n) is 5.02. The molecule has 0 bridgehead atoms. The Bertz CT molecular complexity index is 472. The van der Waals surface area contributed by atoms with Crippen LogP contribution in [0.15, 0.2) is 42.5 Å². The zero-order valence-corrected chi connectivity index (χ0v) is 13.2. The average Bonchev–Trinajstić information content (AvgIpc) is 2.51. The van der Waals surface area contributed by atoms with Crippen LogP contribution in [0.5, 0.6) is 0 Å². The van der Waals surface area contributed by atoms with E-state index in [1.54, 1.807) is 0 Å². The zero-order valence-electron chi connectivity index (χ0n) is 13.2. The van der Waals surface area contributed by atoms with Crippen molar-refractivity contribution in [2.75, 3.05) is 6.61 Å². The van der Waals surface area contributed by atoms with Crippen LogP contribution in [-0.2, 0) is 16.0 Å². The van der Waals surface area contributed by atoms with Crippen LogP contribution in [0.25, 0.3) is 6.08 Å². The maximum Gasteiger partial charge on any atom is 0.330 e. The molecule has 0 heterocycles. The van der Waals surface area contributed by atoms with Gasteiger partial charge in [0.2, 0.25) is 0 Å². The predicted octanol–water partition coefficient (Wildman–Crippen LogP) is 4.94. The summed E-state index contributed by atoms with van der Waals surface area (Å²) < 4.78 is 5.12. The minimum absolute atomic E-state index is 0.264. The molecule has 0 aliphatic carbocycles. The van der Waals surface area contributed by atoms with Gasteiger partial charge < -0.3 is 4.74 Å². The fourth-order valence-corrected chi connectivity index (χ4v) is 1.90. The van der Waals surface area contributed by atoms with E-state index in [0.29, 0.717) is 6.61 Å². The van der Waals surface area contributed by atoms with Gasteiger partial charge in [0.1, 0.15) is 0 Å². The van der Waals surface area contributed by atoms with Gasteiger partial charge in [0.25, 0.3) is 0 Å². The summed E-state index contributed by atoms with van der Waals surface area (Å²) in [6, 6.07) is 8.14. The molecule has 0 spiro atoms. The molecule has 0 atom stereocenters. The SMILES string of the molecule is CCC/C=C/Cc1ccccc1/C=C/C(=O)OCCCC. The van der Waals surface area contributed by atoms with E-state index in [2.05, 4.69) is 32.1 Å². The van der Waals surface area contributed by atoms with Crippen LogP contribution in [0.3, 0.4) is 0 Å². The Hall–Kier alpha value is -1.83. The molecule has 0 radical (unpaired) electrons. The van der Waals surface area contributed by atoms with Crippen molar-refractivity contribution in [3.8, 4) is 0 Å². The summed E-state index contributed by atoms with van der Waals surface area (Å²) in [5, 5.41) is 0. The normalized spacial score (nSPS) is 11.3. The molecule has 1 aromatic rings. The molecule has 0 aliphatic heterocycles. The predicted molar refractivity (Wildman–Crippen MR) is 89.1 cm³/mol. The first kappa shape index (κ1) is 17.2. The third kappa shape index (κ3) is 7.50. The number of allylic oxidation sites excluding steroid dienone is 2. The largest absolute Gasteiger partial charge is 0.463 e. The van der Waals surface area contributed by atoms with Gasteiger partial charge in [-0.1, -0.05) is 63.1 Å². The second kappa shape index (κ2) is 10.9. The van der Waals surface area contributed by atoms with Crippen molar-refractivity contribution in [3.63, 3.8) is 0 Å². The average molecular weight is 286 g/mol. The van der Waals surface area contributed by atoms with Crippen LogP contribution < -0.4 is 0 Å². The van der Waals surface area contributed by atoms with Crippen LogP contribution in [0, 0.1) is 0 Å². The van der Waals surface area contributed by atoms with Crippen molar-refractivity contribution in [1.29, 1.82) is 0 Å². The Kier molecular flexibility index (Phi) is 8.94. The van der Waals surface area contributed by atoms with Crippen molar-refractivity contribution in [3.05, 3.63) is 53.6 Å². The fraction of sp³-hybridized carbons (Fsp3) is 0.421. The van der Waals surface area contributed by atoms with Crippen molar-refractivity contribution in [1.82, 2.24) is 0 Å².